The van der Waals surface area contributed by atoms with E-state index in [1.165, 1.54) is 13.2 Å². The van der Waals surface area contributed by atoms with Gasteiger partial charge in [0.2, 0.25) is 0 Å². The van der Waals surface area contributed by atoms with Crippen molar-refractivity contribution in [2.75, 3.05) is 19.0 Å². The first-order chi connectivity index (χ1) is 13.4. The van der Waals surface area contributed by atoms with Gasteiger partial charge in [0.25, 0.3) is 5.91 Å². The number of hydrogen-bond donors (Lipinski definition) is 1. The summed E-state index contributed by atoms with van der Waals surface area (Å²) in [5.74, 6) is 0.258. The maximum atomic E-state index is 12.6. The van der Waals surface area contributed by atoms with Crippen LogP contribution in [0.4, 0.5) is 5.69 Å². The first-order valence-corrected chi connectivity index (χ1v) is 9.06. The predicted molar refractivity (Wildman–Crippen MR) is 110 cm³/mol. The number of ether oxygens (including phenoxy) is 2. The van der Waals surface area contributed by atoms with Gasteiger partial charge in [-0.3, -0.25) is 4.79 Å². The number of carbonyl (C=O) groups excluding carboxylic acids is 1. The summed E-state index contributed by atoms with van der Waals surface area (Å²) in [4.78, 5) is 12.6. The number of carbonyl (C=O) groups is 1. The Morgan fingerprint density at radius 2 is 1.96 bits per heavy atom. The molecule has 6 nitrogen and oxygen atoms in total. The lowest BCUT2D eigenvalue weighted by Gasteiger charge is -2.11. The lowest BCUT2D eigenvalue weighted by Crippen LogP contribution is -2.14. The third-order valence-corrected chi connectivity index (χ3v) is 4.56. The van der Waals surface area contributed by atoms with Gasteiger partial charge >= 0.3 is 0 Å². The van der Waals surface area contributed by atoms with Gasteiger partial charge in [0.1, 0.15) is 17.7 Å². The van der Waals surface area contributed by atoms with Gasteiger partial charge in [0, 0.05) is 10.2 Å². The fourth-order valence-electron chi connectivity index (χ4n) is 2.49. The number of benzene rings is 2. The number of rotatable bonds is 6. The zero-order valence-electron chi connectivity index (χ0n) is 15.7. The molecule has 2 rings (SSSR count). The molecule has 0 fully saturated rings. The molecule has 0 radical (unpaired) electrons. The predicted octanol–water partition coefficient (Wildman–Crippen LogP) is 4.52. The number of amides is 1. The third kappa shape index (κ3) is 5.12. The van der Waals surface area contributed by atoms with Gasteiger partial charge in [-0.2, -0.15) is 10.5 Å². The average Bonchev–Trinajstić information content (AvgIpc) is 2.67. The van der Waals surface area contributed by atoms with E-state index in [9.17, 15) is 10.1 Å². The Bertz CT molecular complexity index is 1020. The monoisotopic (exact) mass is 439 g/mol. The van der Waals surface area contributed by atoms with Crippen LogP contribution < -0.4 is 14.8 Å². The van der Waals surface area contributed by atoms with E-state index in [1.54, 1.807) is 18.2 Å². The number of hydrogen-bond acceptors (Lipinski definition) is 5. The summed E-state index contributed by atoms with van der Waals surface area (Å²) >= 11 is 3.39. The molecule has 2 aromatic carbocycles. The second kappa shape index (κ2) is 9.59. The topological polar surface area (TPSA) is 95.1 Å². The number of halogens is 1. The van der Waals surface area contributed by atoms with Crippen LogP contribution in [0.15, 0.2) is 40.4 Å². The number of aryl methyl sites for hydroxylation is 2. The van der Waals surface area contributed by atoms with E-state index in [1.807, 2.05) is 38.1 Å². The first kappa shape index (κ1) is 21.0. The Labute approximate surface area is 172 Å². The number of methoxy groups -OCH3 is 1. The number of anilines is 1. The summed E-state index contributed by atoms with van der Waals surface area (Å²) in [5.41, 5.74) is 3.14. The van der Waals surface area contributed by atoms with E-state index in [0.717, 1.165) is 11.1 Å². The van der Waals surface area contributed by atoms with Crippen LogP contribution in [0.3, 0.4) is 0 Å². The summed E-state index contributed by atoms with van der Waals surface area (Å²) in [6.07, 6.45) is 1.46. The SMILES string of the molecule is COc1cc(/C=C(\C#N)C(=O)Nc2ccc(C)cc2C)c(Br)cc1OCC#N. The Hall–Kier alpha value is -3.29. The second-order valence-electron chi connectivity index (χ2n) is 5.91. The van der Waals surface area contributed by atoms with E-state index in [0.29, 0.717) is 27.2 Å². The molecule has 0 spiro atoms. The molecular weight excluding hydrogens is 422 g/mol. The molecule has 0 saturated heterocycles. The van der Waals surface area contributed by atoms with Gasteiger partial charge in [-0.1, -0.05) is 33.6 Å². The van der Waals surface area contributed by atoms with Gasteiger partial charge in [-0.05, 0) is 49.2 Å². The van der Waals surface area contributed by atoms with Crippen molar-refractivity contribution in [3.05, 3.63) is 57.1 Å². The Balaban J connectivity index is 2.34. The summed E-state index contributed by atoms with van der Waals surface area (Å²) in [6, 6.07) is 12.7. The summed E-state index contributed by atoms with van der Waals surface area (Å²) in [5, 5.41) is 20.9. The summed E-state index contributed by atoms with van der Waals surface area (Å²) < 4.78 is 11.2. The highest BCUT2D eigenvalue weighted by Gasteiger charge is 2.14. The minimum Gasteiger partial charge on any atom is -0.493 e. The first-order valence-electron chi connectivity index (χ1n) is 8.27. The second-order valence-corrected chi connectivity index (χ2v) is 6.77. The zero-order valence-corrected chi connectivity index (χ0v) is 17.3. The molecule has 1 N–H and O–H groups in total. The van der Waals surface area contributed by atoms with Crippen LogP contribution in [-0.2, 0) is 4.79 Å². The molecular formula is C21H18BrN3O3. The molecule has 0 unspecified atom stereocenters. The van der Waals surface area contributed by atoms with Gasteiger partial charge in [0.15, 0.2) is 18.1 Å². The van der Waals surface area contributed by atoms with Crippen molar-refractivity contribution >= 4 is 33.6 Å². The largest absolute Gasteiger partial charge is 0.493 e. The Morgan fingerprint density at radius 1 is 1.21 bits per heavy atom. The maximum absolute atomic E-state index is 12.6. The van der Waals surface area contributed by atoms with Crippen LogP contribution >= 0.6 is 15.9 Å². The molecule has 2 aromatic rings. The van der Waals surface area contributed by atoms with Crippen LogP contribution in [-0.4, -0.2) is 19.6 Å². The molecule has 0 aliphatic carbocycles. The van der Waals surface area contributed by atoms with Gasteiger partial charge in [-0.15, -0.1) is 0 Å². The molecule has 7 heteroatoms. The number of nitriles is 2. The fourth-order valence-corrected chi connectivity index (χ4v) is 2.93. The Kier molecular flexibility index (Phi) is 7.20. The van der Waals surface area contributed by atoms with Gasteiger partial charge < -0.3 is 14.8 Å². The molecule has 0 aliphatic rings. The minimum atomic E-state index is -0.509. The number of nitrogens with one attached hydrogen (secondary N) is 1. The van der Waals surface area contributed by atoms with E-state index in [2.05, 4.69) is 21.2 Å². The highest BCUT2D eigenvalue weighted by atomic mass is 79.9. The molecule has 142 valence electrons. The van der Waals surface area contributed by atoms with Gasteiger partial charge in [-0.25, -0.2) is 0 Å². The maximum Gasteiger partial charge on any atom is 0.266 e. The summed E-state index contributed by atoms with van der Waals surface area (Å²) in [7, 11) is 1.47. The van der Waals surface area contributed by atoms with E-state index in [-0.39, 0.29) is 12.2 Å². The molecule has 28 heavy (non-hydrogen) atoms. The highest BCUT2D eigenvalue weighted by Crippen LogP contribution is 2.34. The molecule has 0 atom stereocenters. The molecule has 0 aromatic heterocycles. The smallest absolute Gasteiger partial charge is 0.266 e. The van der Waals surface area contributed by atoms with Gasteiger partial charge in [0.05, 0.1) is 7.11 Å². The van der Waals surface area contributed by atoms with Crippen LogP contribution in [0.1, 0.15) is 16.7 Å². The zero-order chi connectivity index (χ0) is 20.7. The molecule has 0 bridgehead atoms. The normalized spacial score (nSPS) is 10.6. The van der Waals surface area contributed by atoms with E-state index >= 15 is 0 Å². The van der Waals surface area contributed by atoms with Crippen molar-refractivity contribution < 1.29 is 14.3 Å². The van der Waals surface area contributed by atoms with Crippen molar-refractivity contribution in [1.82, 2.24) is 0 Å². The molecule has 0 aliphatic heterocycles. The third-order valence-electron chi connectivity index (χ3n) is 3.87. The quantitative estimate of drug-likeness (QED) is 0.526. The van der Waals surface area contributed by atoms with Crippen molar-refractivity contribution in [3.8, 4) is 23.6 Å². The average molecular weight is 440 g/mol. The summed E-state index contributed by atoms with van der Waals surface area (Å²) in [6.45, 7) is 3.73. The van der Waals surface area contributed by atoms with Crippen molar-refractivity contribution in [3.63, 3.8) is 0 Å². The fraction of sp³-hybridized carbons (Fsp3) is 0.190. The molecule has 1 amide bonds. The molecule has 0 saturated carbocycles. The lowest BCUT2D eigenvalue weighted by molar-refractivity contribution is -0.112. The Morgan fingerprint density at radius 3 is 2.57 bits per heavy atom. The van der Waals surface area contributed by atoms with Crippen LogP contribution in [0, 0.1) is 36.5 Å². The van der Waals surface area contributed by atoms with Crippen molar-refractivity contribution in [2.24, 2.45) is 0 Å². The highest BCUT2D eigenvalue weighted by molar-refractivity contribution is 9.10. The minimum absolute atomic E-state index is 0.0616. The van der Waals surface area contributed by atoms with Crippen LogP contribution in [0.2, 0.25) is 0 Å². The van der Waals surface area contributed by atoms with Crippen molar-refractivity contribution in [2.45, 2.75) is 13.8 Å². The van der Waals surface area contributed by atoms with Crippen LogP contribution in [0.25, 0.3) is 6.08 Å². The van der Waals surface area contributed by atoms with E-state index < -0.39 is 5.91 Å². The van der Waals surface area contributed by atoms with E-state index in [4.69, 9.17) is 14.7 Å². The van der Waals surface area contributed by atoms with Crippen molar-refractivity contribution in [1.29, 1.82) is 10.5 Å². The van der Waals surface area contributed by atoms with Crippen LogP contribution in [0.5, 0.6) is 11.5 Å². The standard InChI is InChI=1S/C21H18BrN3O3/c1-13-4-5-18(14(2)8-13)25-21(26)16(12-24)9-15-10-19(27-3)20(11-17(15)22)28-7-6-23/h4-5,8-11H,7H2,1-3H3,(H,25,26)/b16-9+. The number of nitrogens with zero attached hydrogens (tertiary/aromatic N) is 2. The lowest BCUT2D eigenvalue weighted by atomic mass is 10.1. The molecule has 0 heterocycles.